The summed E-state index contributed by atoms with van der Waals surface area (Å²) >= 11 is 9.19. The number of halogens is 3. The maximum atomic E-state index is 13.5. The van der Waals surface area contributed by atoms with Gasteiger partial charge in [0.2, 0.25) is 0 Å². The largest absolute Gasteiger partial charge is 0.271 e. The Morgan fingerprint density at radius 3 is 2.65 bits per heavy atom. The maximum absolute atomic E-state index is 13.5. The van der Waals surface area contributed by atoms with E-state index in [0.29, 0.717) is 6.42 Å². The molecule has 0 bridgehead atoms. The van der Waals surface area contributed by atoms with Crippen LogP contribution in [0.3, 0.4) is 0 Å². The normalized spacial score (nSPS) is 12.4. The van der Waals surface area contributed by atoms with Gasteiger partial charge in [-0.25, -0.2) is 4.39 Å². The fourth-order valence-corrected chi connectivity index (χ4v) is 2.52. The molecule has 0 fully saturated rings. The molecule has 1 unspecified atom stereocenters. The molecule has 0 aliphatic carbocycles. The minimum absolute atomic E-state index is 0.0903. The Labute approximate surface area is 131 Å². The number of nitrogens with one attached hydrogen (secondary N) is 1. The van der Waals surface area contributed by atoms with E-state index in [9.17, 15) is 4.39 Å². The van der Waals surface area contributed by atoms with E-state index in [4.69, 9.17) is 17.4 Å². The number of aryl methyl sites for hydroxylation is 1. The predicted molar refractivity (Wildman–Crippen MR) is 84.1 cm³/mol. The fourth-order valence-electron chi connectivity index (χ4n) is 2.00. The van der Waals surface area contributed by atoms with E-state index in [1.54, 1.807) is 12.1 Å². The summed E-state index contributed by atoms with van der Waals surface area (Å²) in [6, 6.07) is 10.8. The lowest BCUT2D eigenvalue weighted by Crippen LogP contribution is -2.29. The van der Waals surface area contributed by atoms with Gasteiger partial charge < -0.3 is 0 Å². The van der Waals surface area contributed by atoms with Crippen molar-refractivity contribution in [2.75, 3.05) is 0 Å². The molecule has 0 aliphatic heterocycles. The van der Waals surface area contributed by atoms with Gasteiger partial charge in [-0.05, 0) is 48.2 Å². The van der Waals surface area contributed by atoms with Crippen molar-refractivity contribution in [3.8, 4) is 0 Å². The minimum Gasteiger partial charge on any atom is -0.271 e. The number of hydrazine groups is 1. The van der Waals surface area contributed by atoms with Gasteiger partial charge >= 0.3 is 0 Å². The zero-order valence-corrected chi connectivity index (χ0v) is 13.3. The molecule has 0 saturated heterocycles. The molecule has 0 aliphatic rings. The highest BCUT2D eigenvalue weighted by Crippen LogP contribution is 2.25. The molecule has 0 saturated carbocycles. The van der Waals surface area contributed by atoms with Crippen molar-refractivity contribution in [1.29, 1.82) is 0 Å². The van der Waals surface area contributed by atoms with Gasteiger partial charge in [0.25, 0.3) is 0 Å². The molecule has 0 spiro atoms. The Morgan fingerprint density at radius 2 is 2.05 bits per heavy atom. The highest BCUT2D eigenvalue weighted by molar-refractivity contribution is 9.10. The lowest BCUT2D eigenvalue weighted by atomic mass is 9.98. The molecule has 5 heteroatoms. The first kappa shape index (κ1) is 15.4. The number of hydrogen-bond acceptors (Lipinski definition) is 2. The van der Waals surface area contributed by atoms with Crippen molar-refractivity contribution < 1.29 is 4.39 Å². The Bertz CT molecular complexity index is 619. The quantitative estimate of drug-likeness (QED) is 0.632. The second-order valence-electron chi connectivity index (χ2n) is 4.68. The van der Waals surface area contributed by atoms with Crippen LogP contribution in [0.4, 0.5) is 4.39 Å². The van der Waals surface area contributed by atoms with Crippen LogP contribution in [0, 0.1) is 12.7 Å². The molecule has 106 valence electrons. The molecular formula is C15H15BrClFN2. The molecule has 0 aromatic heterocycles. The SMILES string of the molecule is Cc1ccc(C(Cc2ccc(Cl)c(F)c2)NN)cc1Br. The molecule has 2 aromatic carbocycles. The first-order chi connectivity index (χ1) is 9.51. The monoisotopic (exact) mass is 356 g/mol. The Morgan fingerprint density at radius 1 is 1.30 bits per heavy atom. The fraction of sp³-hybridized carbons (Fsp3) is 0.200. The molecule has 0 amide bonds. The average Bonchev–Trinajstić information content (AvgIpc) is 2.43. The smallest absolute Gasteiger partial charge is 0.142 e. The molecule has 1 atom stereocenters. The number of hydrogen-bond donors (Lipinski definition) is 2. The number of benzene rings is 2. The van der Waals surface area contributed by atoms with E-state index in [2.05, 4.69) is 21.4 Å². The van der Waals surface area contributed by atoms with E-state index in [0.717, 1.165) is 21.2 Å². The summed E-state index contributed by atoms with van der Waals surface area (Å²) in [5.41, 5.74) is 5.81. The standard InChI is InChI=1S/C15H15BrClFN2/c1-9-2-4-11(8-12(9)16)15(20-19)7-10-3-5-13(17)14(18)6-10/h2-6,8,15,20H,7,19H2,1H3. The van der Waals surface area contributed by atoms with Crippen molar-refractivity contribution in [2.24, 2.45) is 5.84 Å². The summed E-state index contributed by atoms with van der Waals surface area (Å²) in [5.74, 6) is 5.21. The van der Waals surface area contributed by atoms with Gasteiger partial charge in [-0.15, -0.1) is 0 Å². The van der Waals surface area contributed by atoms with Crippen LogP contribution in [0.5, 0.6) is 0 Å². The van der Waals surface area contributed by atoms with Crippen molar-refractivity contribution >= 4 is 27.5 Å². The maximum Gasteiger partial charge on any atom is 0.142 e. The Kier molecular flexibility index (Phi) is 5.16. The van der Waals surface area contributed by atoms with Gasteiger partial charge in [0.1, 0.15) is 5.82 Å². The van der Waals surface area contributed by atoms with Crippen molar-refractivity contribution in [1.82, 2.24) is 5.43 Å². The molecule has 0 heterocycles. The third kappa shape index (κ3) is 3.58. The minimum atomic E-state index is -0.412. The highest BCUT2D eigenvalue weighted by Gasteiger charge is 2.13. The van der Waals surface area contributed by atoms with Crippen molar-refractivity contribution in [3.63, 3.8) is 0 Å². The third-order valence-corrected chi connectivity index (χ3v) is 4.38. The van der Waals surface area contributed by atoms with Crippen molar-refractivity contribution in [2.45, 2.75) is 19.4 Å². The average molecular weight is 358 g/mol. The van der Waals surface area contributed by atoms with E-state index in [-0.39, 0.29) is 11.1 Å². The van der Waals surface area contributed by atoms with Gasteiger partial charge in [0, 0.05) is 4.47 Å². The zero-order chi connectivity index (χ0) is 14.7. The summed E-state index contributed by atoms with van der Waals surface area (Å²) in [6.07, 6.45) is 0.583. The van der Waals surface area contributed by atoms with E-state index < -0.39 is 5.82 Å². The van der Waals surface area contributed by atoms with Gasteiger partial charge in [0.15, 0.2) is 0 Å². The van der Waals surface area contributed by atoms with E-state index in [1.165, 1.54) is 6.07 Å². The third-order valence-electron chi connectivity index (χ3n) is 3.22. The van der Waals surface area contributed by atoms with Gasteiger partial charge in [-0.1, -0.05) is 45.7 Å². The molecule has 3 N–H and O–H groups in total. The molecule has 0 radical (unpaired) electrons. The van der Waals surface area contributed by atoms with Crippen LogP contribution in [0.1, 0.15) is 22.7 Å². The van der Waals surface area contributed by atoms with Crippen LogP contribution in [-0.2, 0) is 6.42 Å². The van der Waals surface area contributed by atoms with E-state index in [1.807, 2.05) is 25.1 Å². The van der Waals surface area contributed by atoms with Crippen LogP contribution in [0.2, 0.25) is 5.02 Å². The van der Waals surface area contributed by atoms with Crippen LogP contribution < -0.4 is 11.3 Å². The topological polar surface area (TPSA) is 38.0 Å². The van der Waals surface area contributed by atoms with Gasteiger partial charge in [0.05, 0.1) is 11.1 Å². The summed E-state index contributed by atoms with van der Waals surface area (Å²) < 4.78 is 14.5. The Balaban J connectivity index is 2.23. The summed E-state index contributed by atoms with van der Waals surface area (Å²) in [7, 11) is 0. The second kappa shape index (κ2) is 6.68. The molecule has 2 rings (SSSR count). The molecule has 2 nitrogen and oxygen atoms in total. The highest BCUT2D eigenvalue weighted by atomic mass is 79.9. The van der Waals surface area contributed by atoms with Crippen LogP contribution in [0.15, 0.2) is 40.9 Å². The van der Waals surface area contributed by atoms with Crippen LogP contribution in [-0.4, -0.2) is 0 Å². The zero-order valence-electron chi connectivity index (χ0n) is 11.0. The first-order valence-electron chi connectivity index (χ1n) is 6.17. The van der Waals surface area contributed by atoms with Crippen LogP contribution in [0.25, 0.3) is 0 Å². The second-order valence-corrected chi connectivity index (χ2v) is 5.94. The lowest BCUT2D eigenvalue weighted by molar-refractivity contribution is 0.548. The van der Waals surface area contributed by atoms with Gasteiger partial charge in [-0.2, -0.15) is 0 Å². The summed E-state index contributed by atoms with van der Waals surface area (Å²) in [6.45, 7) is 2.02. The molecule has 20 heavy (non-hydrogen) atoms. The molecular weight excluding hydrogens is 343 g/mol. The Hall–Kier alpha value is -0.940. The predicted octanol–water partition coefficient (Wildman–Crippen LogP) is 4.30. The first-order valence-corrected chi connectivity index (χ1v) is 7.34. The number of rotatable bonds is 4. The van der Waals surface area contributed by atoms with Crippen LogP contribution >= 0.6 is 27.5 Å². The lowest BCUT2D eigenvalue weighted by Gasteiger charge is -2.17. The van der Waals surface area contributed by atoms with Crippen molar-refractivity contribution in [3.05, 3.63) is 68.4 Å². The number of nitrogens with two attached hydrogens (primary N) is 1. The van der Waals surface area contributed by atoms with Gasteiger partial charge in [-0.3, -0.25) is 11.3 Å². The summed E-state index contributed by atoms with van der Waals surface area (Å²) in [4.78, 5) is 0. The van der Waals surface area contributed by atoms with E-state index >= 15 is 0 Å². The molecule has 2 aromatic rings. The summed E-state index contributed by atoms with van der Waals surface area (Å²) in [5, 5.41) is 0.129.